The van der Waals surface area contributed by atoms with E-state index in [0.29, 0.717) is 17.6 Å². The van der Waals surface area contributed by atoms with Gasteiger partial charge in [0.15, 0.2) is 0 Å². The van der Waals surface area contributed by atoms with Gasteiger partial charge in [0, 0.05) is 0 Å². The summed E-state index contributed by atoms with van der Waals surface area (Å²) in [7, 11) is 0. The second-order valence-corrected chi connectivity index (χ2v) is 5.87. The minimum atomic E-state index is 0.457. The fourth-order valence-corrected chi connectivity index (χ4v) is 2.71. The summed E-state index contributed by atoms with van der Waals surface area (Å²) in [4.78, 5) is 0. The molecule has 1 aromatic carbocycles. The first kappa shape index (κ1) is 16.1. The molecule has 1 rings (SSSR count). The van der Waals surface area contributed by atoms with Crippen LogP contribution in [0.4, 0.5) is 0 Å². The number of benzene rings is 1. The number of hydrogen-bond acceptors (Lipinski definition) is 1. The molecule has 0 bridgehead atoms. The van der Waals surface area contributed by atoms with Crippen molar-refractivity contribution >= 4 is 0 Å². The predicted molar refractivity (Wildman–Crippen MR) is 84.0 cm³/mol. The maximum Gasteiger partial charge on any atom is 0.122 e. The number of para-hydroxylation sites is 1. The lowest BCUT2D eigenvalue weighted by Gasteiger charge is -2.19. The van der Waals surface area contributed by atoms with Crippen molar-refractivity contribution in [1.29, 1.82) is 0 Å². The van der Waals surface area contributed by atoms with Gasteiger partial charge in [-0.1, -0.05) is 71.6 Å². The summed E-state index contributed by atoms with van der Waals surface area (Å²) in [5.74, 6) is 1.46. The van der Waals surface area contributed by atoms with E-state index in [1.165, 1.54) is 25.7 Å². The van der Waals surface area contributed by atoms with E-state index in [2.05, 4.69) is 45.9 Å². The zero-order chi connectivity index (χ0) is 14.3. The van der Waals surface area contributed by atoms with E-state index in [0.717, 1.165) is 24.0 Å². The van der Waals surface area contributed by atoms with E-state index in [9.17, 15) is 5.11 Å². The molecule has 0 aliphatic rings. The molecule has 0 aliphatic carbocycles. The molecule has 1 nitrogen and oxygen atoms in total. The molecule has 19 heavy (non-hydrogen) atoms. The van der Waals surface area contributed by atoms with E-state index in [1.807, 2.05) is 0 Å². The van der Waals surface area contributed by atoms with Crippen LogP contribution in [0.15, 0.2) is 18.2 Å². The Morgan fingerprint density at radius 3 is 1.68 bits per heavy atom. The molecule has 2 unspecified atom stereocenters. The van der Waals surface area contributed by atoms with Crippen LogP contribution in [0.2, 0.25) is 0 Å². The van der Waals surface area contributed by atoms with Crippen molar-refractivity contribution < 1.29 is 5.11 Å². The summed E-state index contributed by atoms with van der Waals surface area (Å²) in [5, 5.41) is 10.5. The molecule has 1 heteroatoms. The Labute approximate surface area is 119 Å². The average molecular weight is 262 g/mol. The van der Waals surface area contributed by atoms with Crippen LogP contribution in [-0.2, 0) is 0 Å². The predicted octanol–water partition coefficient (Wildman–Crippen LogP) is 5.98. The van der Waals surface area contributed by atoms with Gasteiger partial charge in [-0.05, 0) is 35.8 Å². The standard InChI is InChI=1S/C18H30O/c1-5-7-10-14(3)16-12-9-13-17(18(16)19)15(4)11-8-6-2/h9,12-15,19H,5-8,10-11H2,1-4H3. The van der Waals surface area contributed by atoms with Crippen molar-refractivity contribution in [3.63, 3.8) is 0 Å². The molecule has 1 N–H and O–H groups in total. The van der Waals surface area contributed by atoms with Gasteiger partial charge in [-0.2, -0.15) is 0 Å². The third-order valence-corrected chi connectivity index (χ3v) is 4.14. The molecule has 108 valence electrons. The van der Waals surface area contributed by atoms with Crippen LogP contribution in [0.1, 0.15) is 89.2 Å². The van der Waals surface area contributed by atoms with Crippen LogP contribution in [0.5, 0.6) is 5.75 Å². The van der Waals surface area contributed by atoms with Gasteiger partial charge >= 0.3 is 0 Å². The Hall–Kier alpha value is -0.980. The average Bonchev–Trinajstić information content (AvgIpc) is 2.42. The number of phenolic OH excluding ortho intramolecular Hbond substituents is 1. The summed E-state index contributed by atoms with van der Waals surface area (Å²) in [5.41, 5.74) is 2.27. The Morgan fingerprint density at radius 2 is 1.32 bits per heavy atom. The minimum absolute atomic E-state index is 0.457. The van der Waals surface area contributed by atoms with Crippen LogP contribution >= 0.6 is 0 Å². The van der Waals surface area contributed by atoms with E-state index in [-0.39, 0.29) is 0 Å². The summed E-state index contributed by atoms with van der Waals surface area (Å²) in [6, 6.07) is 6.28. The van der Waals surface area contributed by atoms with Gasteiger partial charge in [0.2, 0.25) is 0 Å². The fraction of sp³-hybridized carbons (Fsp3) is 0.667. The van der Waals surface area contributed by atoms with Gasteiger partial charge in [0.25, 0.3) is 0 Å². The molecule has 0 spiro atoms. The van der Waals surface area contributed by atoms with Crippen molar-refractivity contribution in [2.24, 2.45) is 0 Å². The highest BCUT2D eigenvalue weighted by Gasteiger charge is 2.16. The summed E-state index contributed by atoms with van der Waals surface area (Å²) < 4.78 is 0. The summed E-state index contributed by atoms with van der Waals surface area (Å²) in [6.07, 6.45) is 7.23. The van der Waals surface area contributed by atoms with E-state index in [4.69, 9.17) is 0 Å². The van der Waals surface area contributed by atoms with Gasteiger partial charge in [-0.3, -0.25) is 0 Å². The normalized spacial score (nSPS) is 14.3. The maximum absolute atomic E-state index is 10.5. The number of unbranched alkanes of at least 4 members (excludes halogenated alkanes) is 2. The first-order valence-corrected chi connectivity index (χ1v) is 7.93. The number of hydrogen-bond donors (Lipinski definition) is 1. The maximum atomic E-state index is 10.5. The first-order valence-electron chi connectivity index (χ1n) is 7.93. The third-order valence-electron chi connectivity index (χ3n) is 4.14. The Kier molecular flexibility index (Phi) is 6.97. The smallest absolute Gasteiger partial charge is 0.122 e. The zero-order valence-electron chi connectivity index (χ0n) is 13.1. The van der Waals surface area contributed by atoms with Crippen molar-refractivity contribution in [3.8, 4) is 5.75 Å². The molecular weight excluding hydrogens is 232 g/mol. The van der Waals surface area contributed by atoms with Crippen molar-refractivity contribution in [2.75, 3.05) is 0 Å². The van der Waals surface area contributed by atoms with Gasteiger partial charge in [0.05, 0.1) is 0 Å². The highest BCUT2D eigenvalue weighted by atomic mass is 16.3. The summed E-state index contributed by atoms with van der Waals surface area (Å²) >= 11 is 0. The Bertz CT molecular complexity index is 338. The van der Waals surface area contributed by atoms with Gasteiger partial charge < -0.3 is 5.11 Å². The Morgan fingerprint density at radius 1 is 0.895 bits per heavy atom. The molecule has 1 aromatic rings. The second kappa shape index (κ2) is 8.24. The first-order chi connectivity index (χ1) is 9.11. The minimum Gasteiger partial charge on any atom is -0.507 e. The molecule has 0 fully saturated rings. The van der Waals surface area contributed by atoms with E-state index >= 15 is 0 Å². The molecule has 0 heterocycles. The molecular formula is C18H30O. The molecule has 0 saturated carbocycles. The quantitative estimate of drug-likeness (QED) is 0.611. The monoisotopic (exact) mass is 262 g/mol. The number of phenols is 1. The van der Waals surface area contributed by atoms with Crippen LogP contribution in [0, 0.1) is 0 Å². The van der Waals surface area contributed by atoms with Gasteiger partial charge in [0.1, 0.15) is 5.75 Å². The van der Waals surface area contributed by atoms with E-state index < -0.39 is 0 Å². The highest BCUT2D eigenvalue weighted by Crippen LogP contribution is 2.36. The van der Waals surface area contributed by atoms with Crippen LogP contribution < -0.4 is 0 Å². The number of aromatic hydroxyl groups is 1. The Balaban J connectivity index is 2.84. The van der Waals surface area contributed by atoms with Crippen molar-refractivity contribution in [2.45, 2.75) is 78.1 Å². The zero-order valence-corrected chi connectivity index (χ0v) is 13.1. The molecule has 0 radical (unpaired) electrons. The van der Waals surface area contributed by atoms with Crippen LogP contribution in [-0.4, -0.2) is 5.11 Å². The highest BCUT2D eigenvalue weighted by molar-refractivity contribution is 5.43. The van der Waals surface area contributed by atoms with Gasteiger partial charge in [-0.15, -0.1) is 0 Å². The van der Waals surface area contributed by atoms with Crippen molar-refractivity contribution in [3.05, 3.63) is 29.3 Å². The fourth-order valence-electron chi connectivity index (χ4n) is 2.71. The molecule has 0 aromatic heterocycles. The van der Waals surface area contributed by atoms with Gasteiger partial charge in [-0.25, -0.2) is 0 Å². The SMILES string of the molecule is CCCCC(C)c1cccc(C(C)CCCC)c1O. The largest absolute Gasteiger partial charge is 0.507 e. The lowest BCUT2D eigenvalue weighted by atomic mass is 9.88. The van der Waals surface area contributed by atoms with Crippen molar-refractivity contribution in [1.82, 2.24) is 0 Å². The third kappa shape index (κ3) is 4.56. The molecule has 0 saturated heterocycles. The topological polar surface area (TPSA) is 20.2 Å². The lowest BCUT2D eigenvalue weighted by Crippen LogP contribution is -2.00. The molecule has 2 atom stereocenters. The second-order valence-electron chi connectivity index (χ2n) is 5.87. The molecule has 0 amide bonds. The molecule has 0 aliphatic heterocycles. The lowest BCUT2D eigenvalue weighted by molar-refractivity contribution is 0.444. The van der Waals surface area contributed by atoms with Crippen LogP contribution in [0.3, 0.4) is 0 Å². The summed E-state index contributed by atoms with van der Waals surface area (Å²) in [6.45, 7) is 8.89. The van der Waals surface area contributed by atoms with Crippen LogP contribution in [0.25, 0.3) is 0 Å². The van der Waals surface area contributed by atoms with E-state index in [1.54, 1.807) is 0 Å². The number of rotatable bonds is 8.